The van der Waals surface area contributed by atoms with E-state index < -0.39 is 12.0 Å². The largest absolute Gasteiger partial charge is 0.481 e. The zero-order valence-corrected chi connectivity index (χ0v) is 11.8. The van der Waals surface area contributed by atoms with E-state index in [-0.39, 0.29) is 30.5 Å². The number of aliphatic hydroxyl groups excluding tert-OH is 1. The summed E-state index contributed by atoms with van der Waals surface area (Å²) >= 11 is 0. The number of aliphatic carboxylic acids is 1. The van der Waals surface area contributed by atoms with Crippen LogP contribution in [0.3, 0.4) is 0 Å². The fourth-order valence-electron chi connectivity index (χ4n) is 2.27. The summed E-state index contributed by atoms with van der Waals surface area (Å²) in [6.07, 6.45) is 1.56. The molecule has 2 amide bonds. The van der Waals surface area contributed by atoms with Crippen molar-refractivity contribution in [2.45, 2.75) is 52.1 Å². The van der Waals surface area contributed by atoms with Gasteiger partial charge in [0, 0.05) is 12.6 Å². The summed E-state index contributed by atoms with van der Waals surface area (Å²) in [4.78, 5) is 24.6. The highest BCUT2D eigenvalue weighted by Gasteiger charge is 2.33. The van der Waals surface area contributed by atoms with Crippen molar-refractivity contribution in [1.82, 2.24) is 10.2 Å². The van der Waals surface area contributed by atoms with Gasteiger partial charge in [-0.15, -0.1) is 0 Å². The Hall–Kier alpha value is -1.30. The first-order valence-electron chi connectivity index (χ1n) is 6.65. The minimum atomic E-state index is -0.930. The molecule has 1 rings (SSSR count). The number of carbonyl (C=O) groups excluding carboxylic acids is 1. The number of nitrogens with one attached hydrogen (secondary N) is 1. The molecule has 0 bridgehead atoms. The van der Waals surface area contributed by atoms with E-state index in [2.05, 4.69) is 5.32 Å². The minimum absolute atomic E-state index is 0.0491. The number of nitrogens with zero attached hydrogens (tertiary/aromatic N) is 1. The Balaban J connectivity index is 2.68. The number of likely N-dealkylation sites (tertiary alicyclic amines) is 1. The lowest BCUT2D eigenvalue weighted by molar-refractivity contribution is -0.138. The molecule has 2 atom stereocenters. The highest BCUT2D eigenvalue weighted by atomic mass is 16.4. The molecule has 0 aromatic heterocycles. The van der Waals surface area contributed by atoms with Crippen molar-refractivity contribution >= 4 is 12.0 Å². The molecule has 0 spiro atoms. The first-order chi connectivity index (χ1) is 8.75. The van der Waals surface area contributed by atoms with Crippen molar-refractivity contribution in [1.29, 1.82) is 0 Å². The molecule has 110 valence electrons. The van der Waals surface area contributed by atoms with E-state index in [4.69, 9.17) is 5.11 Å². The molecule has 6 nitrogen and oxygen atoms in total. The maximum absolute atomic E-state index is 12.2. The van der Waals surface area contributed by atoms with Gasteiger partial charge >= 0.3 is 12.0 Å². The number of aliphatic hydroxyl groups is 1. The topological polar surface area (TPSA) is 89.9 Å². The fourth-order valence-corrected chi connectivity index (χ4v) is 2.27. The number of hydrogen-bond acceptors (Lipinski definition) is 3. The Morgan fingerprint density at radius 1 is 1.42 bits per heavy atom. The average molecular weight is 272 g/mol. The number of carbonyl (C=O) groups is 2. The predicted molar refractivity (Wildman–Crippen MR) is 70.8 cm³/mol. The fraction of sp³-hybridized carbons (Fsp3) is 0.846. The van der Waals surface area contributed by atoms with Crippen LogP contribution in [0.4, 0.5) is 4.79 Å². The van der Waals surface area contributed by atoms with E-state index in [1.807, 2.05) is 20.8 Å². The Kier molecular flexibility index (Phi) is 5.17. The molecule has 0 aromatic carbocycles. The van der Waals surface area contributed by atoms with Crippen molar-refractivity contribution in [3.05, 3.63) is 0 Å². The zero-order chi connectivity index (χ0) is 14.6. The van der Waals surface area contributed by atoms with Crippen LogP contribution < -0.4 is 5.32 Å². The molecule has 1 aliphatic heterocycles. The number of hydrogen-bond donors (Lipinski definition) is 3. The summed E-state index contributed by atoms with van der Waals surface area (Å²) in [6.45, 7) is 6.25. The van der Waals surface area contributed by atoms with Gasteiger partial charge in [0.2, 0.25) is 0 Å². The second-order valence-electron chi connectivity index (χ2n) is 6.14. The van der Waals surface area contributed by atoms with E-state index in [0.717, 1.165) is 12.8 Å². The quantitative estimate of drug-likeness (QED) is 0.713. The van der Waals surface area contributed by atoms with Crippen molar-refractivity contribution < 1.29 is 19.8 Å². The van der Waals surface area contributed by atoms with Crippen molar-refractivity contribution in [3.8, 4) is 0 Å². The van der Waals surface area contributed by atoms with Gasteiger partial charge in [-0.3, -0.25) is 4.79 Å². The lowest BCUT2D eigenvalue weighted by Gasteiger charge is -2.33. The third-order valence-electron chi connectivity index (χ3n) is 3.57. The first-order valence-corrected chi connectivity index (χ1v) is 6.65. The van der Waals surface area contributed by atoms with E-state index in [1.54, 1.807) is 4.90 Å². The van der Waals surface area contributed by atoms with Crippen LogP contribution >= 0.6 is 0 Å². The SMILES string of the molecule is CC(C)(C)C(CC(=O)O)NC(=O)N1CCCC1CO. The number of rotatable bonds is 4. The predicted octanol–water partition coefficient (Wildman–Crippen LogP) is 1.04. The molecule has 0 radical (unpaired) electrons. The first kappa shape index (κ1) is 15.8. The summed E-state index contributed by atoms with van der Waals surface area (Å²) < 4.78 is 0. The molecule has 2 unspecified atom stereocenters. The zero-order valence-electron chi connectivity index (χ0n) is 11.8. The molecule has 0 saturated carbocycles. The summed E-state index contributed by atoms with van der Waals surface area (Å²) in [5.41, 5.74) is -0.331. The van der Waals surface area contributed by atoms with Crippen LogP contribution in [0.5, 0.6) is 0 Å². The van der Waals surface area contributed by atoms with Crippen LogP contribution in [0, 0.1) is 5.41 Å². The Labute approximate surface area is 113 Å². The molecule has 6 heteroatoms. The molecular weight excluding hydrogens is 248 g/mol. The van der Waals surface area contributed by atoms with Crippen molar-refractivity contribution in [3.63, 3.8) is 0 Å². The van der Waals surface area contributed by atoms with Crippen molar-refractivity contribution in [2.75, 3.05) is 13.2 Å². The van der Waals surface area contributed by atoms with Gasteiger partial charge in [-0.25, -0.2) is 4.79 Å². The van der Waals surface area contributed by atoms with Gasteiger partial charge in [-0.2, -0.15) is 0 Å². The normalized spacial score (nSPS) is 21.3. The molecular formula is C13H24N2O4. The average Bonchev–Trinajstić information content (AvgIpc) is 2.74. The third kappa shape index (κ3) is 4.38. The summed E-state index contributed by atoms with van der Waals surface area (Å²) in [5, 5.41) is 20.9. The highest BCUT2D eigenvalue weighted by molar-refractivity contribution is 5.76. The molecule has 0 aromatic rings. The summed E-state index contributed by atoms with van der Waals surface area (Å²) in [5.74, 6) is -0.930. The Bertz CT molecular complexity index is 338. The standard InChI is InChI=1S/C13H24N2O4/c1-13(2,3)10(7-11(17)18)14-12(19)15-6-4-5-9(15)8-16/h9-10,16H,4-8H2,1-3H3,(H,14,19)(H,17,18). The minimum Gasteiger partial charge on any atom is -0.481 e. The molecule has 1 saturated heterocycles. The maximum Gasteiger partial charge on any atom is 0.317 e. The van der Waals surface area contributed by atoms with E-state index in [1.165, 1.54) is 0 Å². The van der Waals surface area contributed by atoms with Gasteiger partial charge in [-0.05, 0) is 18.3 Å². The van der Waals surface area contributed by atoms with Crippen LogP contribution in [-0.2, 0) is 4.79 Å². The molecule has 19 heavy (non-hydrogen) atoms. The Morgan fingerprint density at radius 2 is 2.05 bits per heavy atom. The maximum atomic E-state index is 12.2. The van der Waals surface area contributed by atoms with Crippen LogP contribution in [0.25, 0.3) is 0 Å². The van der Waals surface area contributed by atoms with Crippen LogP contribution in [0.2, 0.25) is 0 Å². The number of urea groups is 1. The third-order valence-corrected chi connectivity index (χ3v) is 3.57. The molecule has 1 fully saturated rings. The lowest BCUT2D eigenvalue weighted by Crippen LogP contribution is -2.52. The number of carboxylic acids is 1. The van der Waals surface area contributed by atoms with Gasteiger partial charge in [-0.1, -0.05) is 20.8 Å². The second kappa shape index (κ2) is 6.23. The van der Waals surface area contributed by atoms with E-state index in [9.17, 15) is 14.7 Å². The van der Waals surface area contributed by atoms with Gasteiger partial charge in [0.25, 0.3) is 0 Å². The van der Waals surface area contributed by atoms with Crippen LogP contribution in [-0.4, -0.2) is 52.3 Å². The molecule has 3 N–H and O–H groups in total. The van der Waals surface area contributed by atoms with Crippen LogP contribution in [0.15, 0.2) is 0 Å². The van der Waals surface area contributed by atoms with Gasteiger partial charge in [0.1, 0.15) is 0 Å². The Morgan fingerprint density at radius 3 is 2.53 bits per heavy atom. The highest BCUT2D eigenvalue weighted by Crippen LogP contribution is 2.23. The van der Waals surface area contributed by atoms with E-state index >= 15 is 0 Å². The monoisotopic (exact) mass is 272 g/mol. The van der Waals surface area contributed by atoms with E-state index in [0.29, 0.717) is 6.54 Å². The summed E-state index contributed by atoms with van der Waals surface area (Å²) in [6, 6.07) is -0.861. The number of carboxylic acid groups (broad SMARTS) is 1. The molecule has 1 aliphatic rings. The van der Waals surface area contributed by atoms with Crippen LogP contribution in [0.1, 0.15) is 40.0 Å². The van der Waals surface area contributed by atoms with Gasteiger partial charge < -0.3 is 20.4 Å². The number of amides is 2. The molecule has 1 heterocycles. The van der Waals surface area contributed by atoms with Crippen molar-refractivity contribution in [2.24, 2.45) is 5.41 Å². The van der Waals surface area contributed by atoms with Gasteiger partial charge in [0.15, 0.2) is 0 Å². The van der Waals surface area contributed by atoms with Gasteiger partial charge in [0.05, 0.1) is 19.1 Å². The smallest absolute Gasteiger partial charge is 0.317 e. The summed E-state index contributed by atoms with van der Waals surface area (Å²) in [7, 11) is 0. The second-order valence-corrected chi connectivity index (χ2v) is 6.14. The lowest BCUT2D eigenvalue weighted by atomic mass is 9.85. The molecule has 0 aliphatic carbocycles.